The summed E-state index contributed by atoms with van der Waals surface area (Å²) in [5, 5.41) is 20.5. The first kappa shape index (κ1) is 15.3. The third-order valence-corrected chi connectivity index (χ3v) is 4.02. The van der Waals surface area contributed by atoms with Gasteiger partial charge >= 0.3 is 6.18 Å². The highest BCUT2D eigenvalue weighted by Gasteiger charge is 2.37. The second-order valence-electron chi connectivity index (χ2n) is 5.58. The highest BCUT2D eigenvalue weighted by molar-refractivity contribution is 5.26. The zero-order valence-electron chi connectivity index (χ0n) is 11.2. The fourth-order valence-corrected chi connectivity index (χ4v) is 2.79. The normalized spacial score (nSPS) is 20.6. The molecule has 1 aliphatic carbocycles. The van der Waals surface area contributed by atoms with Crippen LogP contribution in [-0.4, -0.2) is 21.9 Å². The van der Waals surface area contributed by atoms with E-state index in [1.165, 1.54) is 6.07 Å². The second kappa shape index (κ2) is 5.74. The van der Waals surface area contributed by atoms with E-state index >= 15 is 0 Å². The highest BCUT2D eigenvalue weighted by Crippen LogP contribution is 2.33. The molecule has 1 aromatic rings. The summed E-state index contributed by atoms with van der Waals surface area (Å²) < 4.78 is 37.9. The summed E-state index contributed by atoms with van der Waals surface area (Å²) in [5.74, 6) is 0. The number of benzene rings is 1. The maximum atomic E-state index is 12.6. The van der Waals surface area contributed by atoms with Crippen molar-refractivity contribution in [1.82, 2.24) is 0 Å². The Bertz CT molecular complexity index is 451. The third kappa shape index (κ3) is 3.52. The lowest BCUT2D eigenvalue weighted by molar-refractivity contribution is -0.137. The van der Waals surface area contributed by atoms with Crippen molar-refractivity contribution in [2.45, 2.75) is 56.4 Å². The average Bonchev–Trinajstić information content (AvgIpc) is 2.39. The summed E-state index contributed by atoms with van der Waals surface area (Å²) in [4.78, 5) is 0. The maximum Gasteiger partial charge on any atom is 0.416 e. The van der Waals surface area contributed by atoms with Crippen LogP contribution in [0.5, 0.6) is 0 Å². The molecule has 0 spiro atoms. The summed E-state index contributed by atoms with van der Waals surface area (Å²) >= 11 is 0. The van der Waals surface area contributed by atoms with E-state index < -0.39 is 23.4 Å². The molecule has 0 heterocycles. The van der Waals surface area contributed by atoms with Crippen LogP contribution in [0.15, 0.2) is 24.3 Å². The first-order chi connectivity index (χ1) is 9.31. The number of alkyl halides is 3. The summed E-state index contributed by atoms with van der Waals surface area (Å²) in [5.41, 5.74) is -1.49. The van der Waals surface area contributed by atoms with Gasteiger partial charge in [-0.3, -0.25) is 0 Å². The first-order valence-corrected chi connectivity index (χ1v) is 6.88. The molecule has 1 fully saturated rings. The van der Waals surface area contributed by atoms with Crippen molar-refractivity contribution in [3.05, 3.63) is 35.4 Å². The SMILES string of the molecule is OC(Cc1cccc(C(F)(F)F)c1)C1(O)CCCCC1. The first-order valence-electron chi connectivity index (χ1n) is 6.88. The van der Waals surface area contributed by atoms with Crippen molar-refractivity contribution < 1.29 is 23.4 Å². The molecule has 1 aliphatic rings. The predicted octanol–water partition coefficient (Wildman–Crippen LogP) is 3.30. The lowest BCUT2D eigenvalue weighted by atomic mass is 9.79. The van der Waals surface area contributed by atoms with Crippen molar-refractivity contribution >= 4 is 0 Å². The molecule has 1 atom stereocenters. The zero-order chi connectivity index (χ0) is 14.8. The van der Waals surface area contributed by atoms with Gasteiger partial charge in [-0.05, 0) is 24.5 Å². The number of hydrogen-bond donors (Lipinski definition) is 2. The second-order valence-corrected chi connectivity index (χ2v) is 5.58. The quantitative estimate of drug-likeness (QED) is 0.896. The summed E-state index contributed by atoms with van der Waals surface area (Å²) in [6.45, 7) is 0. The molecule has 2 rings (SSSR count). The molecule has 20 heavy (non-hydrogen) atoms. The van der Waals surface area contributed by atoms with Gasteiger partial charge in [-0.2, -0.15) is 13.2 Å². The van der Waals surface area contributed by atoms with Crippen LogP contribution in [-0.2, 0) is 12.6 Å². The van der Waals surface area contributed by atoms with Crippen LogP contribution in [0.4, 0.5) is 13.2 Å². The zero-order valence-corrected chi connectivity index (χ0v) is 11.2. The van der Waals surface area contributed by atoms with Gasteiger partial charge in [0, 0.05) is 6.42 Å². The van der Waals surface area contributed by atoms with Gasteiger partial charge in [0.1, 0.15) is 0 Å². The molecule has 1 aromatic carbocycles. The van der Waals surface area contributed by atoms with Crippen LogP contribution in [0.1, 0.15) is 43.2 Å². The molecule has 112 valence electrons. The monoisotopic (exact) mass is 288 g/mol. The van der Waals surface area contributed by atoms with E-state index in [1.54, 1.807) is 6.07 Å². The maximum absolute atomic E-state index is 12.6. The highest BCUT2D eigenvalue weighted by atomic mass is 19.4. The number of rotatable bonds is 3. The Kier molecular flexibility index (Phi) is 4.39. The fourth-order valence-electron chi connectivity index (χ4n) is 2.79. The Balaban J connectivity index is 2.09. The number of aliphatic hydroxyl groups excluding tert-OH is 1. The summed E-state index contributed by atoms with van der Waals surface area (Å²) in [6.07, 6.45) is -1.64. The van der Waals surface area contributed by atoms with Crippen molar-refractivity contribution in [3.8, 4) is 0 Å². The van der Waals surface area contributed by atoms with Crippen LogP contribution < -0.4 is 0 Å². The Hall–Kier alpha value is -1.07. The lowest BCUT2D eigenvalue weighted by Crippen LogP contribution is -2.45. The van der Waals surface area contributed by atoms with Gasteiger partial charge in [0.25, 0.3) is 0 Å². The predicted molar refractivity (Wildman–Crippen MR) is 69.2 cm³/mol. The molecule has 0 radical (unpaired) electrons. The van der Waals surface area contributed by atoms with Crippen molar-refractivity contribution in [2.75, 3.05) is 0 Å². The molecule has 2 N–H and O–H groups in total. The molecule has 0 saturated heterocycles. The molecular formula is C15H19F3O2. The van der Waals surface area contributed by atoms with E-state index in [-0.39, 0.29) is 6.42 Å². The molecule has 1 saturated carbocycles. The van der Waals surface area contributed by atoms with Gasteiger partial charge in [-0.1, -0.05) is 37.5 Å². The Morgan fingerprint density at radius 3 is 2.40 bits per heavy atom. The largest absolute Gasteiger partial charge is 0.416 e. The smallest absolute Gasteiger partial charge is 0.390 e. The van der Waals surface area contributed by atoms with Gasteiger partial charge < -0.3 is 10.2 Å². The molecular weight excluding hydrogens is 269 g/mol. The topological polar surface area (TPSA) is 40.5 Å². The lowest BCUT2D eigenvalue weighted by Gasteiger charge is -2.36. The fraction of sp³-hybridized carbons (Fsp3) is 0.600. The van der Waals surface area contributed by atoms with Crippen molar-refractivity contribution in [3.63, 3.8) is 0 Å². The molecule has 0 aromatic heterocycles. The van der Waals surface area contributed by atoms with Crippen LogP contribution in [0, 0.1) is 0 Å². The Morgan fingerprint density at radius 1 is 1.15 bits per heavy atom. The van der Waals surface area contributed by atoms with E-state index in [0.717, 1.165) is 31.4 Å². The number of hydrogen-bond acceptors (Lipinski definition) is 2. The number of aliphatic hydroxyl groups is 2. The molecule has 5 heteroatoms. The average molecular weight is 288 g/mol. The summed E-state index contributed by atoms with van der Waals surface area (Å²) in [7, 11) is 0. The third-order valence-electron chi connectivity index (χ3n) is 4.02. The van der Waals surface area contributed by atoms with Crippen LogP contribution in [0.2, 0.25) is 0 Å². The van der Waals surface area contributed by atoms with Crippen molar-refractivity contribution in [1.29, 1.82) is 0 Å². The molecule has 0 amide bonds. The van der Waals surface area contributed by atoms with Crippen LogP contribution in [0.25, 0.3) is 0 Å². The molecule has 0 aliphatic heterocycles. The van der Waals surface area contributed by atoms with Gasteiger partial charge in [0.15, 0.2) is 0 Å². The molecule has 2 nitrogen and oxygen atoms in total. The Labute approximate surface area is 116 Å². The standard InChI is InChI=1S/C15H19F3O2/c16-15(17,18)12-6-4-5-11(9-12)10-13(19)14(20)7-2-1-3-8-14/h4-6,9,13,19-20H,1-3,7-8,10H2. The Morgan fingerprint density at radius 2 is 1.80 bits per heavy atom. The minimum atomic E-state index is -4.39. The van der Waals surface area contributed by atoms with Crippen molar-refractivity contribution in [2.24, 2.45) is 0 Å². The van der Waals surface area contributed by atoms with Gasteiger partial charge in [-0.25, -0.2) is 0 Å². The van der Waals surface area contributed by atoms with E-state index in [4.69, 9.17) is 0 Å². The van der Waals surface area contributed by atoms with E-state index in [9.17, 15) is 23.4 Å². The van der Waals surface area contributed by atoms with E-state index in [2.05, 4.69) is 0 Å². The van der Waals surface area contributed by atoms with Gasteiger partial charge in [0.05, 0.1) is 17.3 Å². The minimum absolute atomic E-state index is 0.0421. The van der Waals surface area contributed by atoms with E-state index in [1.807, 2.05) is 0 Å². The van der Waals surface area contributed by atoms with E-state index in [0.29, 0.717) is 18.4 Å². The van der Waals surface area contributed by atoms with Crippen LogP contribution >= 0.6 is 0 Å². The van der Waals surface area contributed by atoms with Crippen LogP contribution in [0.3, 0.4) is 0 Å². The minimum Gasteiger partial charge on any atom is -0.390 e. The molecule has 0 bridgehead atoms. The molecule has 1 unspecified atom stereocenters. The summed E-state index contributed by atoms with van der Waals surface area (Å²) in [6, 6.07) is 4.92. The van der Waals surface area contributed by atoms with Gasteiger partial charge in [-0.15, -0.1) is 0 Å². The van der Waals surface area contributed by atoms with Gasteiger partial charge in [0.2, 0.25) is 0 Å². The number of halogens is 3.